The van der Waals surface area contributed by atoms with E-state index in [1.165, 1.54) is 5.56 Å². The van der Waals surface area contributed by atoms with Crippen LogP contribution in [0.15, 0.2) is 24.5 Å². The van der Waals surface area contributed by atoms with Crippen molar-refractivity contribution in [3.05, 3.63) is 41.5 Å². The SMILES string of the molecule is Cc1cc(C)nc(Cn2cc(N)cn2)c1. The minimum absolute atomic E-state index is 0.666. The van der Waals surface area contributed by atoms with Gasteiger partial charge in [0.2, 0.25) is 0 Å². The normalized spacial score (nSPS) is 10.5. The molecule has 0 aromatic carbocycles. The number of aromatic nitrogens is 3. The Bertz CT molecular complexity index is 453. The second-order valence-corrected chi connectivity index (χ2v) is 3.75. The summed E-state index contributed by atoms with van der Waals surface area (Å²) in [6, 6.07) is 4.12. The van der Waals surface area contributed by atoms with Crippen molar-refractivity contribution in [2.24, 2.45) is 0 Å². The molecule has 0 saturated heterocycles. The van der Waals surface area contributed by atoms with Crippen LogP contribution in [0.1, 0.15) is 17.0 Å². The third-order valence-corrected chi connectivity index (χ3v) is 2.13. The highest BCUT2D eigenvalue weighted by Gasteiger charge is 2.00. The van der Waals surface area contributed by atoms with E-state index in [1.807, 2.05) is 6.92 Å². The van der Waals surface area contributed by atoms with Crippen LogP contribution in [0, 0.1) is 13.8 Å². The predicted molar refractivity (Wildman–Crippen MR) is 59.5 cm³/mol. The molecule has 0 amide bonds. The molecule has 2 aromatic heterocycles. The second-order valence-electron chi connectivity index (χ2n) is 3.75. The third-order valence-electron chi connectivity index (χ3n) is 2.13. The summed E-state index contributed by atoms with van der Waals surface area (Å²) in [5.41, 5.74) is 9.53. The summed E-state index contributed by atoms with van der Waals surface area (Å²) in [6.45, 7) is 4.73. The lowest BCUT2D eigenvalue weighted by atomic mass is 10.2. The number of nitrogen functional groups attached to an aromatic ring is 1. The van der Waals surface area contributed by atoms with Crippen molar-refractivity contribution in [2.75, 3.05) is 5.73 Å². The minimum Gasteiger partial charge on any atom is -0.396 e. The number of anilines is 1. The average molecular weight is 202 g/mol. The molecule has 0 spiro atoms. The Labute approximate surface area is 88.8 Å². The van der Waals surface area contributed by atoms with Crippen LogP contribution in [0.5, 0.6) is 0 Å². The molecule has 15 heavy (non-hydrogen) atoms. The van der Waals surface area contributed by atoms with E-state index in [0.29, 0.717) is 12.2 Å². The fourth-order valence-corrected chi connectivity index (χ4v) is 1.64. The molecule has 0 aliphatic heterocycles. The van der Waals surface area contributed by atoms with Crippen LogP contribution >= 0.6 is 0 Å². The molecule has 0 aliphatic rings. The maximum Gasteiger partial charge on any atom is 0.0832 e. The van der Waals surface area contributed by atoms with Crippen molar-refractivity contribution in [3.63, 3.8) is 0 Å². The van der Waals surface area contributed by atoms with E-state index in [4.69, 9.17) is 5.73 Å². The largest absolute Gasteiger partial charge is 0.396 e. The van der Waals surface area contributed by atoms with Crippen molar-refractivity contribution >= 4 is 5.69 Å². The molecule has 2 aromatic rings. The van der Waals surface area contributed by atoms with Gasteiger partial charge in [-0.1, -0.05) is 0 Å². The molecular formula is C11H14N4. The van der Waals surface area contributed by atoms with E-state index in [1.54, 1.807) is 17.1 Å². The minimum atomic E-state index is 0.666. The number of rotatable bonds is 2. The number of hydrogen-bond donors (Lipinski definition) is 1. The van der Waals surface area contributed by atoms with Gasteiger partial charge in [-0.15, -0.1) is 0 Å². The molecule has 2 heterocycles. The van der Waals surface area contributed by atoms with Crippen molar-refractivity contribution in [1.82, 2.24) is 14.8 Å². The first kappa shape index (κ1) is 9.71. The van der Waals surface area contributed by atoms with Gasteiger partial charge in [-0.2, -0.15) is 5.10 Å². The smallest absolute Gasteiger partial charge is 0.0832 e. The first-order chi connectivity index (χ1) is 7.13. The maximum atomic E-state index is 5.59. The van der Waals surface area contributed by atoms with Gasteiger partial charge in [0.25, 0.3) is 0 Å². The van der Waals surface area contributed by atoms with Gasteiger partial charge in [-0.3, -0.25) is 9.67 Å². The number of hydrogen-bond acceptors (Lipinski definition) is 3. The Balaban J connectivity index is 2.24. The molecule has 0 unspecified atom stereocenters. The predicted octanol–water partition coefficient (Wildman–Crippen LogP) is 1.53. The zero-order chi connectivity index (χ0) is 10.8. The van der Waals surface area contributed by atoms with Crippen LogP contribution in [0.4, 0.5) is 5.69 Å². The summed E-state index contributed by atoms with van der Waals surface area (Å²) in [5.74, 6) is 0. The van der Waals surface area contributed by atoms with Gasteiger partial charge in [0.1, 0.15) is 0 Å². The molecule has 0 fully saturated rings. The fourth-order valence-electron chi connectivity index (χ4n) is 1.64. The molecule has 0 bridgehead atoms. The van der Waals surface area contributed by atoms with Crippen LogP contribution in [0.2, 0.25) is 0 Å². The summed E-state index contributed by atoms with van der Waals surface area (Å²) < 4.78 is 1.79. The maximum absolute atomic E-state index is 5.59. The fraction of sp³-hybridized carbons (Fsp3) is 0.273. The molecule has 78 valence electrons. The van der Waals surface area contributed by atoms with Gasteiger partial charge in [0, 0.05) is 11.9 Å². The van der Waals surface area contributed by atoms with E-state index in [9.17, 15) is 0 Å². The molecule has 0 atom stereocenters. The molecule has 0 saturated carbocycles. The zero-order valence-electron chi connectivity index (χ0n) is 8.94. The summed E-state index contributed by atoms with van der Waals surface area (Å²) in [4.78, 5) is 4.44. The molecule has 4 nitrogen and oxygen atoms in total. The van der Waals surface area contributed by atoms with Crippen LogP contribution in [0.25, 0.3) is 0 Å². The Morgan fingerprint density at radius 1 is 1.33 bits per heavy atom. The van der Waals surface area contributed by atoms with E-state index in [-0.39, 0.29) is 0 Å². The van der Waals surface area contributed by atoms with Gasteiger partial charge < -0.3 is 5.73 Å². The highest BCUT2D eigenvalue weighted by molar-refractivity contribution is 5.30. The number of nitrogens with zero attached hydrogens (tertiary/aromatic N) is 3. The third kappa shape index (κ3) is 2.34. The van der Waals surface area contributed by atoms with Gasteiger partial charge >= 0.3 is 0 Å². The van der Waals surface area contributed by atoms with Gasteiger partial charge in [-0.05, 0) is 31.5 Å². The van der Waals surface area contributed by atoms with Crippen molar-refractivity contribution < 1.29 is 0 Å². The van der Waals surface area contributed by atoms with Gasteiger partial charge in [0.05, 0.1) is 24.1 Å². The monoisotopic (exact) mass is 202 g/mol. The highest BCUT2D eigenvalue weighted by atomic mass is 15.3. The first-order valence-electron chi connectivity index (χ1n) is 4.85. The van der Waals surface area contributed by atoms with E-state index >= 15 is 0 Å². The standard InChI is InChI=1S/C11H14N4/c1-8-3-9(2)14-11(4-8)7-15-6-10(12)5-13-15/h3-6H,7,12H2,1-2H3. The molecule has 0 aliphatic carbocycles. The quantitative estimate of drug-likeness (QED) is 0.803. The Morgan fingerprint density at radius 3 is 2.73 bits per heavy atom. The Kier molecular flexibility index (Phi) is 2.41. The lowest BCUT2D eigenvalue weighted by Crippen LogP contribution is -2.03. The first-order valence-corrected chi connectivity index (χ1v) is 4.85. The number of nitrogens with two attached hydrogens (primary N) is 1. The molecule has 4 heteroatoms. The van der Waals surface area contributed by atoms with Gasteiger partial charge in [-0.25, -0.2) is 0 Å². The summed E-state index contributed by atoms with van der Waals surface area (Å²) in [7, 11) is 0. The van der Waals surface area contributed by atoms with Crippen LogP contribution < -0.4 is 5.73 Å². The molecule has 2 rings (SSSR count). The van der Waals surface area contributed by atoms with Crippen LogP contribution in [0.3, 0.4) is 0 Å². The Hall–Kier alpha value is -1.84. The van der Waals surface area contributed by atoms with Crippen molar-refractivity contribution in [2.45, 2.75) is 20.4 Å². The molecule has 2 N–H and O–H groups in total. The zero-order valence-corrected chi connectivity index (χ0v) is 8.94. The topological polar surface area (TPSA) is 56.7 Å². The van der Waals surface area contributed by atoms with E-state index < -0.39 is 0 Å². The molecule has 0 radical (unpaired) electrons. The number of pyridine rings is 1. The van der Waals surface area contributed by atoms with Crippen molar-refractivity contribution in [1.29, 1.82) is 0 Å². The lowest BCUT2D eigenvalue weighted by molar-refractivity contribution is 0.670. The number of aryl methyl sites for hydroxylation is 2. The van der Waals surface area contributed by atoms with Crippen LogP contribution in [-0.2, 0) is 6.54 Å². The van der Waals surface area contributed by atoms with Crippen LogP contribution in [-0.4, -0.2) is 14.8 Å². The summed E-state index contributed by atoms with van der Waals surface area (Å²) in [5, 5.41) is 4.12. The van der Waals surface area contributed by atoms with E-state index in [2.05, 4.69) is 29.1 Å². The molecular weight excluding hydrogens is 188 g/mol. The average Bonchev–Trinajstić information content (AvgIpc) is 2.49. The van der Waals surface area contributed by atoms with E-state index in [0.717, 1.165) is 11.4 Å². The van der Waals surface area contributed by atoms with Crippen molar-refractivity contribution in [3.8, 4) is 0 Å². The second kappa shape index (κ2) is 3.73. The Morgan fingerprint density at radius 2 is 2.13 bits per heavy atom. The summed E-state index contributed by atoms with van der Waals surface area (Å²) in [6.07, 6.45) is 3.45. The lowest BCUT2D eigenvalue weighted by Gasteiger charge is -2.03. The van der Waals surface area contributed by atoms with Gasteiger partial charge in [0.15, 0.2) is 0 Å². The summed E-state index contributed by atoms with van der Waals surface area (Å²) >= 11 is 0. The highest BCUT2D eigenvalue weighted by Crippen LogP contribution is 2.07.